The largest absolute Gasteiger partial charge is 0.311 e. The Hall–Kier alpha value is -10.5. The molecule has 0 aromatic heterocycles. The molecule has 0 fully saturated rings. The second kappa shape index (κ2) is 23.3. The molecule has 0 saturated heterocycles. The third kappa shape index (κ3) is 10.5. The Morgan fingerprint density at radius 2 is 0.430 bits per heavy atom. The van der Waals surface area contributed by atoms with Gasteiger partial charge < -0.3 is 9.80 Å². The van der Waals surface area contributed by atoms with Crippen LogP contribution in [0.1, 0.15) is 99.9 Å². The van der Waals surface area contributed by atoms with E-state index >= 15 is 0 Å². The molecule has 13 aromatic carbocycles. The van der Waals surface area contributed by atoms with E-state index in [1.54, 1.807) is 0 Å². The summed E-state index contributed by atoms with van der Waals surface area (Å²) in [6.07, 6.45) is 0. The fourth-order valence-electron chi connectivity index (χ4n) is 14.9. The first-order valence-corrected chi connectivity index (χ1v) is 33.0. The van der Waals surface area contributed by atoms with Gasteiger partial charge in [0.25, 0.3) is 6.71 Å². The zero-order valence-corrected chi connectivity index (χ0v) is 54.6. The van der Waals surface area contributed by atoms with Gasteiger partial charge in [0.1, 0.15) is 0 Å². The number of nitrogens with zero attached hydrogens (tertiary/aromatic N) is 2. The zero-order chi connectivity index (χ0) is 63.6. The van der Waals surface area contributed by atoms with Crippen molar-refractivity contribution in [2.45, 2.75) is 77.0 Å². The van der Waals surface area contributed by atoms with Gasteiger partial charge in [0, 0.05) is 55.8 Å². The fraction of sp³-hybridized carbons (Fsp3) is 0.133. The van der Waals surface area contributed by atoms with E-state index in [9.17, 15) is 0 Å². The van der Waals surface area contributed by atoms with Gasteiger partial charge in [-0.25, -0.2) is 0 Å². The van der Waals surface area contributed by atoms with Crippen LogP contribution in [0.2, 0.25) is 0 Å². The molecule has 0 atom stereocenters. The average molecular weight is 1200 g/mol. The highest BCUT2D eigenvalue weighted by Gasteiger charge is 2.44. The molecule has 13 aromatic rings. The minimum absolute atomic E-state index is 0.1000. The van der Waals surface area contributed by atoms with Crippen molar-refractivity contribution in [3.05, 3.63) is 366 Å². The first-order valence-electron chi connectivity index (χ1n) is 33.0. The number of benzene rings is 13. The molecule has 93 heavy (non-hydrogen) atoms. The van der Waals surface area contributed by atoms with Gasteiger partial charge in [-0.05, 0) is 154 Å². The molecule has 0 amide bonds. The predicted octanol–water partition coefficient (Wildman–Crippen LogP) is 21.7. The van der Waals surface area contributed by atoms with Crippen LogP contribution in [0.5, 0.6) is 0 Å². The minimum atomic E-state index is -0.158. The van der Waals surface area contributed by atoms with Crippen LogP contribution in [-0.2, 0) is 21.7 Å². The SMILES string of the molecule is CC(C)(c1ccccc1)c1ccc(-c2ccc(N3c4ccc(-c5ccc(C(C)(C)c6ccccc6)cc5)cc4B4c5cc(-c6ccc(C(C)(C)c7ccccc7)cc6)ccc5N(c5ccc(-c6ccc(C(C)(C)c7ccccc7)cc6)cc5)c5cccc3c54)cc2)cc1. The summed E-state index contributed by atoms with van der Waals surface area (Å²) in [5.41, 5.74) is 30.1. The Labute approximate surface area is 551 Å². The molecule has 0 N–H and O–H groups in total. The maximum atomic E-state index is 2.53. The molecule has 0 aliphatic carbocycles. The van der Waals surface area contributed by atoms with Gasteiger partial charge in [-0.3, -0.25) is 0 Å². The van der Waals surface area contributed by atoms with Crippen LogP contribution >= 0.6 is 0 Å². The summed E-state index contributed by atoms with van der Waals surface area (Å²) < 4.78 is 0. The third-order valence-electron chi connectivity index (χ3n) is 21.0. The van der Waals surface area contributed by atoms with Gasteiger partial charge in [-0.15, -0.1) is 0 Å². The predicted molar refractivity (Wildman–Crippen MR) is 396 cm³/mol. The highest BCUT2D eigenvalue weighted by Crippen LogP contribution is 2.47. The van der Waals surface area contributed by atoms with Gasteiger partial charge >= 0.3 is 0 Å². The average Bonchev–Trinajstić information content (AvgIpc) is 0.700. The Morgan fingerprint density at radius 1 is 0.204 bits per heavy atom. The smallest absolute Gasteiger partial charge is 0.252 e. The van der Waals surface area contributed by atoms with E-state index in [1.807, 2.05) is 0 Å². The van der Waals surface area contributed by atoms with Crippen molar-refractivity contribution in [3.63, 3.8) is 0 Å². The van der Waals surface area contributed by atoms with E-state index in [1.165, 1.54) is 128 Å². The van der Waals surface area contributed by atoms with Crippen LogP contribution in [0.25, 0.3) is 44.5 Å². The van der Waals surface area contributed by atoms with Crippen LogP contribution in [0.15, 0.2) is 322 Å². The zero-order valence-electron chi connectivity index (χ0n) is 54.6. The summed E-state index contributed by atoms with van der Waals surface area (Å²) in [7, 11) is 0. The molecule has 2 aliphatic heterocycles. The van der Waals surface area contributed by atoms with Gasteiger partial charge in [0.15, 0.2) is 0 Å². The second-order valence-corrected chi connectivity index (χ2v) is 27.7. The summed E-state index contributed by atoms with van der Waals surface area (Å²) in [6, 6.07) is 120. The summed E-state index contributed by atoms with van der Waals surface area (Å²) >= 11 is 0. The van der Waals surface area contributed by atoms with Gasteiger partial charge in [-0.2, -0.15) is 0 Å². The Kier molecular flexibility index (Phi) is 14.8. The molecule has 2 heterocycles. The number of fused-ring (bicyclic) bond motifs is 4. The van der Waals surface area contributed by atoms with E-state index < -0.39 is 0 Å². The topological polar surface area (TPSA) is 6.48 Å². The summed E-state index contributed by atoms with van der Waals surface area (Å²) in [5, 5.41) is 0. The molecule has 450 valence electrons. The standard InChI is InChI=1S/C90H77BN2/c1-87(2,70-22-13-9-14-23-70)74-46-32-62(33-47-74)64-40-54-78(55-41-64)92-82-58-44-68(66-36-50-76(51-37-66)89(5,6)72-26-17-11-18-27-72)60-80(82)91-81-61-69(67-38-52-77(53-39-67)90(7,8)73-28-19-12-20-29-73)45-59-83(81)93(85-31-21-30-84(92)86(85)91)79-56-42-65(43-57-79)63-34-48-75(49-35-63)88(3,4)71-24-15-10-16-25-71/h9-61H,1-8H3. The van der Waals surface area contributed by atoms with Gasteiger partial charge in [0.2, 0.25) is 0 Å². The first kappa shape index (κ1) is 58.9. The maximum absolute atomic E-state index is 2.53. The van der Waals surface area contributed by atoms with Crippen LogP contribution in [0.3, 0.4) is 0 Å². The van der Waals surface area contributed by atoms with Crippen molar-refractivity contribution < 1.29 is 0 Å². The van der Waals surface area contributed by atoms with E-state index in [-0.39, 0.29) is 28.4 Å². The molecular formula is C90H77BN2. The third-order valence-corrected chi connectivity index (χ3v) is 21.0. The minimum Gasteiger partial charge on any atom is -0.311 e. The van der Waals surface area contributed by atoms with Crippen molar-refractivity contribution in [2.24, 2.45) is 0 Å². The maximum Gasteiger partial charge on any atom is 0.252 e. The van der Waals surface area contributed by atoms with Crippen molar-refractivity contribution in [2.75, 3.05) is 9.80 Å². The van der Waals surface area contributed by atoms with E-state index in [0.29, 0.717) is 0 Å². The number of rotatable bonds is 14. The molecule has 0 radical (unpaired) electrons. The molecule has 2 aliphatic rings. The molecule has 15 rings (SSSR count). The van der Waals surface area contributed by atoms with Crippen molar-refractivity contribution >= 4 is 57.2 Å². The van der Waals surface area contributed by atoms with E-state index in [4.69, 9.17) is 0 Å². The molecule has 2 nitrogen and oxygen atoms in total. The lowest BCUT2D eigenvalue weighted by molar-refractivity contribution is 0.641. The number of anilines is 6. The number of hydrogen-bond donors (Lipinski definition) is 0. The van der Waals surface area contributed by atoms with Crippen LogP contribution < -0.4 is 26.2 Å². The van der Waals surface area contributed by atoms with Crippen LogP contribution in [0.4, 0.5) is 34.1 Å². The van der Waals surface area contributed by atoms with Crippen molar-refractivity contribution in [1.82, 2.24) is 0 Å². The number of hydrogen-bond acceptors (Lipinski definition) is 2. The van der Waals surface area contributed by atoms with Crippen LogP contribution in [-0.4, -0.2) is 6.71 Å². The van der Waals surface area contributed by atoms with E-state index in [0.717, 1.165) is 11.4 Å². The lowest BCUT2D eigenvalue weighted by Crippen LogP contribution is -2.61. The summed E-state index contributed by atoms with van der Waals surface area (Å²) in [6.45, 7) is 18.5. The quantitative estimate of drug-likeness (QED) is 0.100. The highest BCUT2D eigenvalue weighted by atomic mass is 15.2. The molecule has 0 saturated carbocycles. The Bertz CT molecular complexity index is 4520. The van der Waals surface area contributed by atoms with Crippen LogP contribution in [0, 0.1) is 0 Å². The van der Waals surface area contributed by atoms with Gasteiger partial charge in [0.05, 0.1) is 0 Å². The van der Waals surface area contributed by atoms with Crippen molar-refractivity contribution in [1.29, 1.82) is 0 Å². The molecule has 0 spiro atoms. The molecule has 3 heteroatoms. The summed E-state index contributed by atoms with van der Waals surface area (Å²) in [5.74, 6) is 0. The molecular weight excluding hydrogens is 1120 g/mol. The van der Waals surface area contributed by atoms with E-state index in [2.05, 4.69) is 387 Å². The monoisotopic (exact) mass is 1200 g/mol. The fourth-order valence-corrected chi connectivity index (χ4v) is 14.9. The lowest BCUT2D eigenvalue weighted by Gasteiger charge is -2.44. The molecule has 0 unspecified atom stereocenters. The normalized spacial score (nSPS) is 12.9. The molecule has 0 bridgehead atoms. The first-order chi connectivity index (χ1) is 45.1. The Balaban J connectivity index is 0.868. The summed E-state index contributed by atoms with van der Waals surface area (Å²) in [4.78, 5) is 5.06. The lowest BCUT2D eigenvalue weighted by atomic mass is 9.33. The second-order valence-electron chi connectivity index (χ2n) is 27.7. The van der Waals surface area contributed by atoms with Gasteiger partial charge in [-0.1, -0.05) is 328 Å². The Morgan fingerprint density at radius 3 is 0.699 bits per heavy atom. The highest BCUT2D eigenvalue weighted by molar-refractivity contribution is 7.00. The van der Waals surface area contributed by atoms with Crippen molar-refractivity contribution in [3.8, 4) is 44.5 Å².